The summed E-state index contributed by atoms with van der Waals surface area (Å²) >= 11 is 0. The van der Waals surface area contributed by atoms with Gasteiger partial charge in [0.15, 0.2) is 6.10 Å². The number of carbonyl (C=O) groups excluding carboxylic acids is 1. The molecule has 0 aromatic heterocycles. The highest BCUT2D eigenvalue weighted by Crippen LogP contribution is 2.21. The minimum Gasteiger partial charge on any atom is -0.457 e. The van der Waals surface area contributed by atoms with E-state index in [1.165, 1.54) is 0 Å². The number of hydrogen-bond donors (Lipinski definition) is 1. The lowest BCUT2D eigenvalue weighted by molar-refractivity contribution is -0.146. The van der Waals surface area contributed by atoms with Crippen molar-refractivity contribution in [3.05, 3.63) is 35.9 Å². The molecule has 0 amide bonds. The lowest BCUT2D eigenvalue weighted by Crippen LogP contribution is -2.29. The van der Waals surface area contributed by atoms with Crippen LogP contribution in [0.4, 0.5) is 0 Å². The molecule has 1 aromatic rings. The van der Waals surface area contributed by atoms with Crippen molar-refractivity contribution in [3.8, 4) is 0 Å². The van der Waals surface area contributed by atoms with E-state index in [2.05, 4.69) is 0 Å². The number of rotatable bonds is 4. The predicted octanol–water partition coefficient (Wildman–Crippen LogP) is 1.13. The Morgan fingerprint density at radius 1 is 1.35 bits per heavy atom. The zero-order chi connectivity index (χ0) is 12.3. The maximum atomic E-state index is 11.2. The Kier molecular flexibility index (Phi) is 3.76. The standard InChI is InChI=1S/C13H16O4/c1-9-12(14)11(17-13(9)15)8-16-7-10-5-3-2-4-6-10/h2-6,9,11-12,14H,7-8H2,1H3. The van der Waals surface area contributed by atoms with Crippen LogP contribution in [0.2, 0.25) is 0 Å². The fourth-order valence-corrected chi connectivity index (χ4v) is 1.79. The molecule has 4 heteroatoms. The third kappa shape index (κ3) is 2.84. The van der Waals surface area contributed by atoms with Crippen LogP contribution in [0.15, 0.2) is 30.3 Å². The SMILES string of the molecule is CC1C(=O)OC(COCc2ccccc2)C1O. The molecule has 0 radical (unpaired) electrons. The van der Waals surface area contributed by atoms with Crippen molar-refractivity contribution >= 4 is 5.97 Å². The average molecular weight is 236 g/mol. The van der Waals surface area contributed by atoms with Crippen molar-refractivity contribution < 1.29 is 19.4 Å². The van der Waals surface area contributed by atoms with Gasteiger partial charge < -0.3 is 14.6 Å². The number of cyclic esters (lactones) is 1. The molecule has 1 saturated heterocycles. The van der Waals surface area contributed by atoms with Gasteiger partial charge in [0.05, 0.1) is 19.1 Å². The Bertz CT molecular complexity index is 376. The Morgan fingerprint density at radius 3 is 2.65 bits per heavy atom. The molecule has 1 aliphatic heterocycles. The molecular formula is C13H16O4. The minimum atomic E-state index is -0.765. The van der Waals surface area contributed by atoms with Gasteiger partial charge in [-0.3, -0.25) is 4.79 Å². The third-order valence-corrected chi connectivity index (χ3v) is 2.93. The molecular weight excluding hydrogens is 220 g/mol. The van der Waals surface area contributed by atoms with Crippen LogP contribution >= 0.6 is 0 Å². The maximum absolute atomic E-state index is 11.2. The highest BCUT2D eigenvalue weighted by Gasteiger charge is 2.40. The first-order chi connectivity index (χ1) is 8.18. The van der Waals surface area contributed by atoms with Crippen LogP contribution in [0.5, 0.6) is 0 Å². The van der Waals surface area contributed by atoms with Crippen LogP contribution in [0.25, 0.3) is 0 Å². The fourth-order valence-electron chi connectivity index (χ4n) is 1.79. The summed E-state index contributed by atoms with van der Waals surface area (Å²) in [5, 5.41) is 9.70. The Balaban J connectivity index is 1.78. The van der Waals surface area contributed by atoms with Crippen LogP contribution in [0.1, 0.15) is 12.5 Å². The summed E-state index contributed by atoms with van der Waals surface area (Å²) < 4.78 is 10.4. The molecule has 0 aliphatic carbocycles. The lowest BCUT2D eigenvalue weighted by atomic mass is 10.0. The smallest absolute Gasteiger partial charge is 0.311 e. The van der Waals surface area contributed by atoms with Crippen molar-refractivity contribution in [3.63, 3.8) is 0 Å². The van der Waals surface area contributed by atoms with Crippen LogP contribution in [0, 0.1) is 5.92 Å². The molecule has 1 aliphatic rings. The van der Waals surface area contributed by atoms with Gasteiger partial charge in [-0.25, -0.2) is 0 Å². The summed E-state index contributed by atoms with van der Waals surface area (Å²) in [7, 11) is 0. The Labute approximate surface area is 100 Å². The number of carbonyl (C=O) groups is 1. The Morgan fingerprint density at radius 2 is 2.06 bits per heavy atom. The summed E-state index contributed by atoms with van der Waals surface area (Å²) in [5.41, 5.74) is 1.05. The molecule has 0 bridgehead atoms. The molecule has 1 fully saturated rings. The van der Waals surface area contributed by atoms with Crippen LogP contribution in [-0.4, -0.2) is 29.9 Å². The molecule has 0 saturated carbocycles. The number of aliphatic hydroxyl groups excluding tert-OH is 1. The van der Waals surface area contributed by atoms with Crippen LogP contribution < -0.4 is 0 Å². The predicted molar refractivity (Wildman–Crippen MR) is 61.1 cm³/mol. The lowest BCUT2D eigenvalue weighted by Gasteiger charge is -2.14. The summed E-state index contributed by atoms with van der Waals surface area (Å²) in [6.45, 7) is 2.34. The van der Waals surface area contributed by atoms with Gasteiger partial charge in [0.25, 0.3) is 0 Å². The number of benzene rings is 1. The van der Waals surface area contributed by atoms with Crippen molar-refractivity contribution in [1.82, 2.24) is 0 Å². The number of aliphatic hydroxyl groups is 1. The van der Waals surface area contributed by atoms with E-state index in [0.717, 1.165) is 5.56 Å². The van der Waals surface area contributed by atoms with Crippen LogP contribution in [-0.2, 0) is 20.9 Å². The zero-order valence-corrected chi connectivity index (χ0v) is 9.70. The van der Waals surface area contributed by atoms with Gasteiger partial charge in [0.2, 0.25) is 0 Å². The van der Waals surface area contributed by atoms with Gasteiger partial charge in [-0.2, -0.15) is 0 Å². The summed E-state index contributed by atoms with van der Waals surface area (Å²) in [6, 6.07) is 9.73. The second-order valence-corrected chi connectivity index (χ2v) is 4.26. The molecule has 2 rings (SSSR count). The van der Waals surface area contributed by atoms with Gasteiger partial charge >= 0.3 is 5.97 Å². The van der Waals surface area contributed by atoms with Crippen molar-refractivity contribution in [1.29, 1.82) is 0 Å². The van der Waals surface area contributed by atoms with Gasteiger partial charge in [0, 0.05) is 0 Å². The van der Waals surface area contributed by atoms with E-state index in [0.29, 0.717) is 6.61 Å². The summed E-state index contributed by atoms with van der Waals surface area (Å²) in [6.07, 6.45) is -1.31. The maximum Gasteiger partial charge on any atom is 0.311 e. The molecule has 1 heterocycles. The molecule has 4 nitrogen and oxygen atoms in total. The zero-order valence-electron chi connectivity index (χ0n) is 9.70. The van der Waals surface area contributed by atoms with Crippen molar-refractivity contribution in [2.24, 2.45) is 5.92 Å². The molecule has 3 unspecified atom stereocenters. The first-order valence-corrected chi connectivity index (χ1v) is 5.68. The first-order valence-electron chi connectivity index (χ1n) is 5.68. The minimum absolute atomic E-state index is 0.228. The third-order valence-electron chi connectivity index (χ3n) is 2.93. The second kappa shape index (κ2) is 5.29. The van der Waals surface area contributed by atoms with Gasteiger partial charge in [-0.15, -0.1) is 0 Å². The van der Waals surface area contributed by atoms with E-state index in [9.17, 15) is 9.90 Å². The van der Waals surface area contributed by atoms with E-state index in [-0.39, 0.29) is 12.6 Å². The van der Waals surface area contributed by atoms with E-state index in [1.54, 1.807) is 6.92 Å². The topological polar surface area (TPSA) is 55.8 Å². The Hall–Kier alpha value is -1.39. The molecule has 1 N–H and O–H groups in total. The molecule has 1 aromatic carbocycles. The van der Waals surface area contributed by atoms with Gasteiger partial charge in [-0.1, -0.05) is 30.3 Å². The van der Waals surface area contributed by atoms with Gasteiger partial charge in [-0.05, 0) is 12.5 Å². The molecule has 92 valence electrons. The first kappa shape index (κ1) is 12.1. The van der Waals surface area contributed by atoms with E-state index >= 15 is 0 Å². The number of esters is 1. The van der Waals surface area contributed by atoms with Crippen LogP contribution in [0.3, 0.4) is 0 Å². The highest BCUT2D eigenvalue weighted by molar-refractivity contribution is 5.75. The van der Waals surface area contributed by atoms with E-state index in [4.69, 9.17) is 9.47 Å². The highest BCUT2D eigenvalue weighted by atomic mass is 16.6. The molecule has 3 atom stereocenters. The second-order valence-electron chi connectivity index (χ2n) is 4.26. The summed E-state index contributed by atoms with van der Waals surface area (Å²) in [4.78, 5) is 11.2. The largest absolute Gasteiger partial charge is 0.457 e. The van der Waals surface area contributed by atoms with Crippen molar-refractivity contribution in [2.45, 2.75) is 25.7 Å². The number of ether oxygens (including phenoxy) is 2. The van der Waals surface area contributed by atoms with Crippen molar-refractivity contribution in [2.75, 3.05) is 6.61 Å². The van der Waals surface area contributed by atoms with Gasteiger partial charge in [0.1, 0.15) is 6.10 Å². The van der Waals surface area contributed by atoms with E-state index < -0.39 is 18.1 Å². The average Bonchev–Trinajstić information content (AvgIpc) is 2.59. The summed E-state index contributed by atoms with van der Waals surface area (Å²) in [5.74, 6) is -0.814. The fraction of sp³-hybridized carbons (Fsp3) is 0.462. The molecule has 17 heavy (non-hydrogen) atoms. The quantitative estimate of drug-likeness (QED) is 0.796. The normalized spacial score (nSPS) is 28.1. The number of hydrogen-bond acceptors (Lipinski definition) is 4. The monoisotopic (exact) mass is 236 g/mol. The van der Waals surface area contributed by atoms with E-state index in [1.807, 2.05) is 30.3 Å². The molecule has 0 spiro atoms.